The number of hydrogen-bond donors (Lipinski definition) is 3. The zero-order valence-corrected chi connectivity index (χ0v) is 20.0. The maximum Gasteiger partial charge on any atom is 0.417 e. The molecule has 1 unspecified atom stereocenters. The third-order valence-corrected chi connectivity index (χ3v) is 5.53. The Bertz CT molecular complexity index is 1230. The predicted octanol–water partition coefficient (Wildman–Crippen LogP) is 3.92. The number of ether oxygens (including phenoxy) is 1. The van der Waals surface area contributed by atoms with Gasteiger partial charge in [-0.1, -0.05) is 18.2 Å². The van der Waals surface area contributed by atoms with Crippen LogP contribution in [-0.2, 0) is 25.3 Å². The van der Waals surface area contributed by atoms with Crippen LogP contribution in [0.3, 0.4) is 0 Å². The van der Waals surface area contributed by atoms with Crippen molar-refractivity contribution in [3.05, 3.63) is 71.6 Å². The van der Waals surface area contributed by atoms with Crippen molar-refractivity contribution in [2.75, 3.05) is 13.2 Å². The number of Topliss-reactive ketones (excluding diaryl/α,β-unsaturated/α-hetero) is 1. The van der Waals surface area contributed by atoms with E-state index in [1.165, 1.54) is 42.5 Å². The summed E-state index contributed by atoms with van der Waals surface area (Å²) >= 11 is 0. The summed E-state index contributed by atoms with van der Waals surface area (Å²) in [6, 6.07) is 7.76. The molecule has 2 aromatic rings. The fraction of sp³-hybridized carbons (Fsp3) is 0.308. The molecular weight excluding hydrogens is 491 g/mol. The van der Waals surface area contributed by atoms with Gasteiger partial charge in [0.05, 0.1) is 23.8 Å². The van der Waals surface area contributed by atoms with Gasteiger partial charge in [0.2, 0.25) is 11.8 Å². The van der Waals surface area contributed by atoms with Crippen LogP contribution in [0.15, 0.2) is 60.3 Å². The minimum Gasteiger partial charge on any atom is -0.463 e. The molecule has 1 saturated heterocycles. The van der Waals surface area contributed by atoms with Crippen molar-refractivity contribution in [1.29, 1.82) is 0 Å². The number of aromatic nitrogens is 1. The molecule has 0 saturated carbocycles. The number of rotatable bonds is 10. The molecule has 1 aliphatic heterocycles. The normalized spacial score (nSPS) is 16.1. The highest BCUT2D eigenvalue weighted by Gasteiger charge is 2.33. The van der Waals surface area contributed by atoms with Gasteiger partial charge in [-0.05, 0) is 43.7 Å². The Hall–Kier alpha value is -4.15. The molecule has 2 heterocycles. The van der Waals surface area contributed by atoms with Crippen LogP contribution < -0.4 is 10.6 Å². The maximum atomic E-state index is 13.3. The molecule has 0 bridgehead atoms. The first kappa shape index (κ1) is 27.4. The summed E-state index contributed by atoms with van der Waals surface area (Å²) in [5.41, 5.74) is -0.518. The molecule has 0 spiro atoms. The minimum absolute atomic E-state index is 0.0698. The highest BCUT2D eigenvalue weighted by molar-refractivity contribution is 5.97. The number of carbonyl (C=O) groups is 4. The number of ketones is 1. The Morgan fingerprint density at radius 1 is 1.11 bits per heavy atom. The second-order valence-corrected chi connectivity index (χ2v) is 8.19. The number of halogens is 3. The Morgan fingerprint density at radius 3 is 2.54 bits per heavy atom. The maximum absolute atomic E-state index is 13.3. The monoisotopic (exact) mass is 517 g/mol. The van der Waals surface area contributed by atoms with E-state index in [0.29, 0.717) is 13.0 Å². The summed E-state index contributed by atoms with van der Waals surface area (Å²) in [7, 11) is 0. The van der Waals surface area contributed by atoms with Gasteiger partial charge in [-0.3, -0.25) is 14.4 Å². The van der Waals surface area contributed by atoms with Gasteiger partial charge in [-0.15, -0.1) is 0 Å². The molecular formula is C26H26F3N3O5. The minimum atomic E-state index is -4.56. The zero-order valence-electron chi connectivity index (χ0n) is 20.0. The van der Waals surface area contributed by atoms with Crippen molar-refractivity contribution in [3.63, 3.8) is 0 Å². The van der Waals surface area contributed by atoms with Gasteiger partial charge >= 0.3 is 12.1 Å². The number of esters is 1. The van der Waals surface area contributed by atoms with Gasteiger partial charge < -0.3 is 20.4 Å². The Kier molecular flexibility index (Phi) is 9.05. The zero-order chi connectivity index (χ0) is 27.0. The van der Waals surface area contributed by atoms with Crippen molar-refractivity contribution >= 4 is 23.6 Å². The summed E-state index contributed by atoms with van der Waals surface area (Å²) in [5.74, 6) is -2.32. The largest absolute Gasteiger partial charge is 0.463 e. The molecule has 1 aromatic carbocycles. The Labute approximate surface area is 211 Å². The fourth-order valence-electron chi connectivity index (χ4n) is 3.74. The summed E-state index contributed by atoms with van der Waals surface area (Å²) in [6.45, 7) is 2.30. The van der Waals surface area contributed by atoms with Crippen molar-refractivity contribution in [2.45, 2.75) is 32.4 Å². The molecule has 196 valence electrons. The smallest absolute Gasteiger partial charge is 0.417 e. The van der Waals surface area contributed by atoms with E-state index in [1.54, 1.807) is 6.92 Å². The second-order valence-electron chi connectivity index (χ2n) is 8.19. The number of allylic oxidation sites excluding steroid dienone is 1. The molecule has 0 aliphatic carbocycles. The molecule has 3 N–H and O–H groups in total. The lowest BCUT2D eigenvalue weighted by atomic mass is 10.0. The molecule has 2 amide bonds. The topological polar surface area (TPSA) is 117 Å². The average molecular weight is 518 g/mol. The summed E-state index contributed by atoms with van der Waals surface area (Å²) in [4.78, 5) is 51.3. The molecule has 3 rings (SSSR count). The molecule has 8 nitrogen and oxygen atoms in total. The van der Waals surface area contributed by atoms with Crippen molar-refractivity contribution in [3.8, 4) is 11.3 Å². The average Bonchev–Trinajstić information content (AvgIpc) is 3.50. The second kappa shape index (κ2) is 12.2. The molecule has 1 fully saturated rings. The summed E-state index contributed by atoms with van der Waals surface area (Å²) in [6.07, 6.45) is -0.523. The fourth-order valence-corrected chi connectivity index (χ4v) is 3.74. The number of aromatic amines is 1. The van der Waals surface area contributed by atoms with E-state index < -0.39 is 35.3 Å². The first-order valence-corrected chi connectivity index (χ1v) is 11.6. The van der Waals surface area contributed by atoms with Crippen LogP contribution in [0.1, 0.15) is 42.2 Å². The first-order chi connectivity index (χ1) is 17.6. The van der Waals surface area contributed by atoms with E-state index in [-0.39, 0.29) is 48.0 Å². The lowest BCUT2D eigenvalue weighted by molar-refractivity contribution is -0.138. The van der Waals surface area contributed by atoms with Crippen molar-refractivity contribution < 1.29 is 37.1 Å². The van der Waals surface area contributed by atoms with Crippen LogP contribution in [0.2, 0.25) is 0 Å². The number of benzene rings is 1. The molecule has 11 heteroatoms. The van der Waals surface area contributed by atoms with Gasteiger partial charge in [0, 0.05) is 42.4 Å². The van der Waals surface area contributed by atoms with E-state index in [0.717, 1.165) is 12.1 Å². The summed E-state index contributed by atoms with van der Waals surface area (Å²) < 4.78 is 44.8. The number of nitrogens with one attached hydrogen (secondary N) is 3. The SMILES string of the molecule is CCOC(=O)/C=C/C(=C\C1CCNC1=O)NC(=O)CCC(=O)c1ccc(-c2ccccc2C(F)(F)F)[nH]1. The van der Waals surface area contributed by atoms with Crippen LogP contribution in [0.25, 0.3) is 11.3 Å². The van der Waals surface area contributed by atoms with Crippen LogP contribution in [0.4, 0.5) is 13.2 Å². The number of carbonyl (C=O) groups excluding carboxylic acids is 4. The Morgan fingerprint density at radius 2 is 1.86 bits per heavy atom. The van der Waals surface area contributed by atoms with Gasteiger partial charge in [-0.25, -0.2) is 4.79 Å². The van der Waals surface area contributed by atoms with Crippen LogP contribution >= 0.6 is 0 Å². The van der Waals surface area contributed by atoms with Gasteiger partial charge in [0.15, 0.2) is 5.78 Å². The van der Waals surface area contributed by atoms with E-state index in [2.05, 4.69) is 15.6 Å². The third kappa shape index (κ3) is 7.66. The van der Waals surface area contributed by atoms with E-state index in [1.807, 2.05) is 0 Å². The first-order valence-electron chi connectivity index (χ1n) is 11.6. The van der Waals surface area contributed by atoms with Crippen LogP contribution in [-0.4, -0.2) is 41.7 Å². The number of H-pyrrole nitrogens is 1. The highest BCUT2D eigenvalue weighted by atomic mass is 19.4. The van der Waals surface area contributed by atoms with E-state index in [4.69, 9.17) is 4.74 Å². The van der Waals surface area contributed by atoms with Crippen molar-refractivity contribution in [1.82, 2.24) is 15.6 Å². The molecule has 1 aliphatic rings. The van der Waals surface area contributed by atoms with Crippen molar-refractivity contribution in [2.24, 2.45) is 5.92 Å². The van der Waals surface area contributed by atoms with Crippen LogP contribution in [0.5, 0.6) is 0 Å². The van der Waals surface area contributed by atoms with E-state index >= 15 is 0 Å². The highest BCUT2D eigenvalue weighted by Crippen LogP contribution is 2.36. The number of amides is 2. The lowest BCUT2D eigenvalue weighted by Crippen LogP contribution is -2.24. The molecule has 0 radical (unpaired) electrons. The van der Waals surface area contributed by atoms with E-state index in [9.17, 15) is 32.3 Å². The molecule has 1 aromatic heterocycles. The lowest BCUT2D eigenvalue weighted by Gasteiger charge is -2.11. The molecule has 37 heavy (non-hydrogen) atoms. The third-order valence-electron chi connectivity index (χ3n) is 5.53. The van der Waals surface area contributed by atoms with Gasteiger partial charge in [0.25, 0.3) is 0 Å². The molecule has 1 atom stereocenters. The predicted molar refractivity (Wildman–Crippen MR) is 128 cm³/mol. The van der Waals surface area contributed by atoms with Crippen LogP contribution in [0, 0.1) is 5.92 Å². The number of hydrogen-bond acceptors (Lipinski definition) is 5. The summed E-state index contributed by atoms with van der Waals surface area (Å²) in [5, 5.41) is 5.26. The quantitative estimate of drug-likeness (QED) is 0.191. The standard InChI is InChI=1S/C26H26F3N3O5/c1-2-37-24(35)12-7-17(15-16-13-14-30-25(16)36)31-23(34)11-10-22(33)21-9-8-20(32-21)18-5-3-4-6-19(18)26(27,28)29/h3-9,12,15-16,32H,2,10-11,13-14H2,1H3,(H,30,36)(H,31,34)/b12-7+,17-15+. The Balaban J connectivity index is 1.65. The number of alkyl halides is 3. The van der Waals surface area contributed by atoms with Gasteiger partial charge in [0.1, 0.15) is 0 Å². The van der Waals surface area contributed by atoms with Gasteiger partial charge in [-0.2, -0.15) is 13.2 Å².